The topological polar surface area (TPSA) is 40.1 Å². The maximum Gasteiger partial charge on any atom is 0.0666 e. The van der Waals surface area contributed by atoms with Gasteiger partial charge in [-0.2, -0.15) is 0 Å². The molecule has 0 amide bonds. The van der Waals surface area contributed by atoms with Crippen LogP contribution in [0.1, 0.15) is 12.5 Å². The molecule has 0 N–H and O–H groups in total. The average molecular weight is 243 g/mol. The van der Waals surface area contributed by atoms with E-state index in [9.17, 15) is 9.90 Å². The summed E-state index contributed by atoms with van der Waals surface area (Å²) in [6.07, 6.45) is 5.11. The van der Waals surface area contributed by atoms with Gasteiger partial charge < -0.3 is 9.90 Å². The summed E-state index contributed by atoms with van der Waals surface area (Å²) in [5, 5.41) is 9.49. The average Bonchev–Trinajstić information content (AvgIpc) is 2.40. The van der Waals surface area contributed by atoms with Crippen molar-refractivity contribution in [2.24, 2.45) is 0 Å². The summed E-state index contributed by atoms with van der Waals surface area (Å²) in [6.45, 7) is 14.8. The molecule has 0 aliphatic heterocycles. The van der Waals surface area contributed by atoms with Gasteiger partial charge in [0, 0.05) is 0 Å². The monoisotopic (exact) mass is 243 g/mol. The fraction of sp³-hybridized carbons (Fsp3) is 0.0625. The van der Waals surface area contributed by atoms with Crippen molar-refractivity contribution >= 4 is 12.0 Å². The Morgan fingerprint density at radius 2 is 1.50 bits per heavy atom. The minimum absolute atomic E-state index is 0.0648. The molecule has 0 aliphatic carbocycles. The van der Waals surface area contributed by atoms with Gasteiger partial charge in [0.25, 0.3) is 0 Å². The Labute approximate surface area is 109 Å². The van der Waals surface area contributed by atoms with Crippen molar-refractivity contribution in [1.29, 1.82) is 0 Å². The smallest absolute Gasteiger partial charge is 0.0666 e. The van der Waals surface area contributed by atoms with Crippen molar-refractivity contribution in [2.45, 2.75) is 6.92 Å². The number of hydrogen-bond donors (Lipinski definition) is 0. The Bertz CT molecular complexity index is 371. The lowest BCUT2D eigenvalue weighted by atomic mass is 10.2. The van der Waals surface area contributed by atoms with E-state index in [-0.39, 0.29) is 5.57 Å². The predicted molar refractivity (Wildman–Crippen MR) is 76.7 cm³/mol. The number of rotatable bonds is 3. The predicted octanol–water partition coefficient (Wildman–Crippen LogP) is 3.00. The summed E-state index contributed by atoms with van der Waals surface area (Å²) >= 11 is 0. The molecule has 0 spiro atoms. The SMILES string of the molecule is C=C(C)C(=O)[O-].C=CC=C.C=Cc1ccccc1. The highest BCUT2D eigenvalue weighted by Crippen LogP contribution is 1.97. The van der Waals surface area contributed by atoms with Gasteiger partial charge in [-0.3, -0.25) is 0 Å². The van der Waals surface area contributed by atoms with E-state index in [0.717, 1.165) is 0 Å². The number of allylic oxidation sites excluding steroid dienone is 2. The highest BCUT2D eigenvalue weighted by molar-refractivity contribution is 5.82. The van der Waals surface area contributed by atoms with Crippen molar-refractivity contribution < 1.29 is 9.90 Å². The van der Waals surface area contributed by atoms with Crippen LogP contribution in [0, 0.1) is 0 Å². The molecule has 0 atom stereocenters. The second kappa shape index (κ2) is 12.7. The van der Waals surface area contributed by atoms with Crippen LogP contribution in [-0.4, -0.2) is 5.97 Å². The van der Waals surface area contributed by atoms with Gasteiger partial charge >= 0.3 is 0 Å². The zero-order valence-corrected chi connectivity index (χ0v) is 10.8. The van der Waals surface area contributed by atoms with Crippen molar-refractivity contribution in [3.63, 3.8) is 0 Å². The molecule has 2 nitrogen and oxygen atoms in total. The maximum atomic E-state index is 9.49. The van der Waals surface area contributed by atoms with E-state index >= 15 is 0 Å². The minimum atomic E-state index is -1.19. The number of carbonyl (C=O) groups excluding carboxylic acids is 1. The maximum absolute atomic E-state index is 9.49. The van der Waals surface area contributed by atoms with Gasteiger partial charge in [0.1, 0.15) is 0 Å². The molecular weight excluding hydrogens is 224 g/mol. The second-order valence-corrected chi connectivity index (χ2v) is 3.15. The first-order valence-corrected chi connectivity index (χ1v) is 5.27. The molecule has 0 aliphatic rings. The lowest BCUT2D eigenvalue weighted by molar-refractivity contribution is -0.299. The van der Waals surface area contributed by atoms with Gasteiger partial charge in [0.2, 0.25) is 0 Å². The standard InChI is InChI=1S/C8H8.C4H6O2.C4H6/c1-2-8-6-4-3-5-7-8;1-3(2)4(5)6;1-3-4-2/h2-7H,1H2;1H2,2H3,(H,5,6);3-4H,1-2H2/p-1. The molecule has 0 bridgehead atoms. The third-order valence-corrected chi connectivity index (χ3v) is 1.55. The van der Waals surface area contributed by atoms with Gasteiger partial charge in [0.05, 0.1) is 5.97 Å². The van der Waals surface area contributed by atoms with E-state index in [4.69, 9.17) is 0 Å². The number of benzene rings is 1. The van der Waals surface area contributed by atoms with Gasteiger partial charge in [-0.05, 0) is 18.1 Å². The molecule has 18 heavy (non-hydrogen) atoms. The fourth-order valence-electron chi connectivity index (χ4n) is 0.589. The molecule has 0 fully saturated rings. The summed E-state index contributed by atoms with van der Waals surface area (Å²) < 4.78 is 0. The Balaban J connectivity index is 0. The molecule has 2 heteroatoms. The number of hydrogen-bond acceptors (Lipinski definition) is 2. The van der Waals surface area contributed by atoms with E-state index in [1.54, 1.807) is 12.2 Å². The molecule has 0 unspecified atom stereocenters. The normalized spacial score (nSPS) is 7.39. The van der Waals surface area contributed by atoms with Crippen LogP contribution in [0.3, 0.4) is 0 Å². The quantitative estimate of drug-likeness (QED) is 0.605. The Morgan fingerprint density at radius 1 is 1.11 bits per heavy atom. The molecule has 0 saturated heterocycles. The van der Waals surface area contributed by atoms with E-state index in [2.05, 4.69) is 26.3 Å². The molecule has 0 radical (unpaired) electrons. The summed E-state index contributed by atoms with van der Waals surface area (Å²) in [4.78, 5) is 9.49. The Morgan fingerprint density at radius 3 is 1.67 bits per heavy atom. The van der Waals surface area contributed by atoms with Crippen molar-refractivity contribution in [3.8, 4) is 0 Å². The van der Waals surface area contributed by atoms with Crippen LogP contribution < -0.4 is 5.11 Å². The van der Waals surface area contributed by atoms with Crippen molar-refractivity contribution in [3.05, 3.63) is 79.9 Å². The Kier molecular flexibility index (Phi) is 12.7. The van der Waals surface area contributed by atoms with Crippen LogP contribution >= 0.6 is 0 Å². The van der Waals surface area contributed by atoms with E-state index in [1.807, 2.05) is 36.4 Å². The molecule has 0 heterocycles. The second-order valence-electron chi connectivity index (χ2n) is 3.15. The molecule has 0 aromatic heterocycles. The third kappa shape index (κ3) is 13.7. The van der Waals surface area contributed by atoms with Crippen LogP contribution in [0.4, 0.5) is 0 Å². The summed E-state index contributed by atoms with van der Waals surface area (Å²) in [5.41, 5.74) is 1.24. The molecule has 0 saturated carbocycles. The third-order valence-electron chi connectivity index (χ3n) is 1.55. The summed E-state index contributed by atoms with van der Waals surface area (Å²) in [6, 6.07) is 10.0. The number of carboxylic acids is 1. The largest absolute Gasteiger partial charge is 0.545 e. The van der Waals surface area contributed by atoms with Crippen LogP contribution in [0.5, 0.6) is 0 Å². The van der Waals surface area contributed by atoms with Crippen LogP contribution in [-0.2, 0) is 4.79 Å². The number of aliphatic carboxylic acids is 1. The first kappa shape index (κ1) is 18.0. The molecular formula is C16H19O2-. The zero-order valence-electron chi connectivity index (χ0n) is 10.8. The summed E-state index contributed by atoms with van der Waals surface area (Å²) in [5.74, 6) is -1.19. The molecule has 1 aromatic carbocycles. The van der Waals surface area contributed by atoms with Gasteiger partial charge in [-0.25, -0.2) is 0 Å². The first-order chi connectivity index (χ1) is 8.49. The summed E-state index contributed by atoms with van der Waals surface area (Å²) in [7, 11) is 0. The lowest BCUT2D eigenvalue weighted by Crippen LogP contribution is -2.22. The highest BCUT2D eigenvalue weighted by atomic mass is 16.4. The lowest BCUT2D eigenvalue weighted by Gasteiger charge is -1.93. The molecule has 1 rings (SSSR count). The van der Waals surface area contributed by atoms with Gasteiger partial charge in [-0.15, -0.1) is 0 Å². The van der Waals surface area contributed by atoms with E-state index in [1.165, 1.54) is 12.5 Å². The number of carbonyl (C=O) groups is 1. The Hall–Kier alpha value is -2.35. The van der Waals surface area contributed by atoms with Crippen molar-refractivity contribution in [1.82, 2.24) is 0 Å². The fourth-order valence-corrected chi connectivity index (χ4v) is 0.589. The van der Waals surface area contributed by atoms with Gasteiger partial charge in [0.15, 0.2) is 0 Å². The van der Waals surface area contributed by atoms with Crippen LogP contribution in [0.25, 0.3) is 6.08 Å². The first-order valence-electron chi connectivity index (χ1n) is 5.27. The van der Waals surface area contributed by atoms with Crippen LogP contribution in [0.15, 0.2) is 74.4 Å². The van der Waals surface area contributed by atoms with Crippen molar-refractivity contribution in [2.75, 3.05) is 0 Å². The highest BCUT2D eigenvalue weighted by Gasteiger charge is 1.76. The van der Waals surface area contributed by atoms with Crippen LogP contribution in [0.2, 0.25) is 0 Å². The van der Waals surface area contributed by atoms with Gasteiger partial charge in [-0.1, -0.05) is 74.9 Å². The number of carboxylic acid groups (broad SMARTS) is 1. The molecule has 96 valence electrons. The van der Waals surface area contributed by atoms with E-state index < -0.39 is 5.97 Å². The molecule has 1 aromatic rings. The van der Waals surface area contributed by atoms with E-state index in [0.29, 0.717) is 0 Å². The zero-order chi connectivity index (χ0) is 14.4. The minimum Gasteiger partial charge on any atom is -0.545 e.